The molecule has 0 bridgehead atoms. The van der Waals surface area contributed by atoms with E-state index < -0.39 is 0 Å². The zero-order valence-electron chi connectivity index (χ0n) is 7.98. The van der Waals surface area contributed by atoms with E-state index >= 15 is 0 Å². The Bertz CT molecular complexity index is 515. The molecule has 0 fully saturated rings. The highest BCUT2D eigenvalue weighted by molar-refractivity contribution is 7.98. The summed E-state index contributed by atoms with van der Waals surface area (Å²) in [6, 6.07) is 1.89. The summed E-state index contributed by atoms with van der Waals surface area (Å²) in [4.78, 5) is 16.3. The van der Waals surface area contributed by atoms with Crippen LogP contribution in [0.1, 0.15) is 6.92 Å². The van der Waals surface area contributed by atoms with E-state index in [4.69, 9.17) is 0 Å². The Morgan fingerprint density at radius 3 is 3.07 bits per heavy atom. The first-order valence-electron chi connectivity index (χ1n) is 4.30. The molecule has 0 unspecified atom stereocenters. The van der Waals surface area contributed by atoms with Crippen molar-refractivity contribution in [1.82, 2.24) is 9.55 Å². The molecule has 0 aliphatic carbocycles. The molecule has 0 saturated carbocycles. The van der Waals surface area contributed by atoms with Crippen LogP contribution in [-0.2, 0) is 6.54 Å². The summed E-state index contributed by atoms with van der Waals surface area (Å²) in [5, 5.41) is 2.70. The Morgan fingerprint density at radius 2 is 2.43 bits per heavy atom. The SMILES string of the molecule is CCn1c(SC)nc2ccsc2c1=O. The van der Waals surface area contributed by atoms with Crippen molar-refractivity contribution in [3.05, 3.63) is 21.8 Å². The predicted octanol–water partition coefficient (Wildman–Crippen LogP) is 2.20. The fourth-order valence-corrected chi connectivity index (χ4v) is 2.76. The number of thioether (sulfide) groups is 1. The number of rotatable bonds is 2. The largest absolute Gasteiger partial charge is 0.287 e. The van der Waals surface area contributed by atoms with E-state index in [-0.39, 0.29) is 5.56 Å². The van der Waals surface area contributed by atoms with Crippen LogP contribution in [0.2, 0.25) is 0 Å². The first kappa shape index (κ1) is 9.73. The van der Waals surface area contributed by atoms with Crippen LogP contribution in [0.15, 0.2) is 21.4 Å². The average Bonchev–Trinajstić information content (AvgIpc) is 2.65. The standard InChI is InChI=1S/C9H10N2OS2/c1-3-11-8(12)7-6(4-5-14-7)10-9(11)13-2/h4-5H,3H2,1-2H3. The lowest BCUT2D eigenvalue weighted by atomic mass is 10.5. The Labute approximate surface area is 89.8 Å². The molecule has 0 saturated heterocycles. The molecule has 2 heterocycles. The van der Waals surface area contributed by atoms with Crippen LogP contribution in [0.25, 0.3) is 10.2 Å². The van der Waals surface area contributed by atoms with Gasteiger partial charge in [-0.05, 0) is 24.6 Å². The molecule has 0 aromatic carbocycles. The molecule has 0 aliphatic heterocycles. The van der Waals surface area contributed by atoms with Gasteiger partial charge in [0.1, 0.15) is 4.70 Å². The van der Waals surface area contributed by atoms with Crippen molar-refractivity contribution in [3.63, 3.8) is 0 Å². The Kier molecular flexibility index (Phi) is 2.60. The summed E-state index contributed by atoms with van der Waals surface area (Å²) in [7, 11) is 0. The van der Waals surface area contributed by atoms with Crippen molar-refractivity contribution >= 4 is 33.3 Å². The summed E-state index contributed by atoms with van der Waals surface area (Å²) in [6.07, 6.45) is 1.94. The van der Waals surface area contributed by atoms with Gasteiger partial charge in [-0.3, -0.25) is 9.36 Å². The molecule has 2 aromatic heterocycles. The smallest absolute Gasteiger partial charge is 0.272 e. The molecule has 5 heteroatoms. The number of aromatic nitrogens is 2. The highest BCUT2D eigenvalue weighted by atomic mass is 32.2. The molecule has 0 amide bonds. The fraction of sp³-hybridized carbons (Fsp3) is 0.333. The van der Waals surface area contributed by atoms with E-state index in [0.29, 0.717) is 6.54 Å². The van der Waals surface area contributed by atoms with Gasteiger partial charge in [0, 0.05) is 6.54 Å². The lowest BCUT2D eigenvalue weighted by Gasteiger charge is -2.06. The van der Waals surface area contributed by atoms with Gasteiger partial charge in [0.05, 0.1) is 5.52 Å². The van der Waals surface area contributed by atoms with E-state index in [2.05, 4.69) is 4.98 Å². The quantitative estimate of drug-likeness (QED) is 0.581. The van der Waals surface area contributed by atoms with E-state index in [9.17, 15) is 4.79 Å². The van der Waals surface area contributed by atoms with E-state index in [0.717, 1.165) is 15.4 Å². The van der Waals surface area contributed by atoms with Gasteiger partial charge in [-0.2, -0.15) is 0 Å². The number of thiophene rings is 1. The zero-order chi connectivity index (χ0) is 10.1. The van der Waals surface area contributed by atoms with Gasteiger partial charge >= 0.3 is 0 Å². The van der Waals surface area contributed by atoms with Crippen LogP contribution in [-0.4, -0.2) is 15.8 Å². The minimum absolute atomic E-state index is 0.0804. The van der Waals surface area contributed by atoms with Crippen molar-refractivity contribution in [3.8, 4) is 0 Å². The maximum absolute atomic E-state index is 11.9. The number of nitrogens with zero attached hydrogens (tertiary/aromatic N) is 2. The maximum Gasteiger partial charge on any atom is 0.272 e. The van der Waals surface area contributed by atoms with Crippen LogP contribution in [0.5, 0.6) is 0 Å². The molecule has 2 aromatic rings. The van der Waals surface area contributed by atoms with Crippen molar-refractivity contribution < 1.29 is 0 Å². The molecule has 0 N–H and O–H groups in total. The summed E-state index contributed by atoms with van der Waals surface area (Å²) in [6.45, 7) is 2.64. The summed E-state index contributed by atoms with van der Waals surface area (Å²) < 4.78 is 2.47. The maximum atomic E-state index is 11.9. The van der Waals surface area contributed by atoms with E-state index in [1.54, 1.807) is 4.57 Å². The van der Waals surface area contributed by atoms with Gasteiger partial charge in [0.25, 0.3) is 5.56 Å². The van der Waals surface area contributed by atoms with Crippen molar-refractivity contribution in [2.75, 3.05) is 6.26 Å². The predicted molar refractivity (Wildman–Crippen MR) is 61.3 cm³/mol. The van der Waals surface area contributed by atoms with Crippen LogP contribution < -0.4 is 5.56 Å². The number of fused-ring (bicyclic) bond motifs is 1. The molecular formula is C9H10N2OS2. The lowest BCUT2D eigenvalue weighted by molar-refractivity contribution is 0.636. The Morgan fingerprint density at radius 1 is 1.64 bits per heavy atom. The van der Waals surface area contributed by atoms with E-state index in [1.165, 1.54) is 23.1 Å². The van der Waals surface area contributed by atoms with Crippen molar-refractivity contribution in [2.45, 2.75) is 18.6 Å². The van der Waals surface area contributed by atoms with Gasteiger partial charge in [-0.15, -0.1) is 11.3 Å². The van der Waals surface area contributed by atoms with Gasteiger partial charge in [-0.25, -0.2) is 4.98 Å². The fourth-order valence-electron chi connectivity index (χ4n) is 1.36. The van der Waals surface area contributed by atoms with Crippen LogP contribution in [0, 0.1) is 0 Å². The Hall–Kier alpha value is -0.810. The average molecular weight is 226 g/mol. The second-order valence-corrected chi connectivity index (χ2v) is 4.47. The first-order valence-corrected chi connectivity index (χ1v) is 6.40. The van der Waals surface area contributed by atoms with Crippen LogP contribution >= 0.6 is 23.1 Å². The van der Waals surface area contributed by atoms with Gasteiger partial charge < -0.3 is 0 Å². The highest BCUT2D eigenvalue weighted by Crippen LogP contribution is 2.18. The zero-order valence-corrected chi connectivity index (χ0v) is 9.61. The summed E-state index contributed by atoms with van der Waals surface area (Å²) in [5.41, 5.74) is 0.894. The number of hydrogen-bond donors (Lipinski definition) is 0. The molecule has 0 spiro atoms. The minimum atomic E-state index is 0.0804. The van der Waals surface area contributed by atoms with Gasteiger partial charge in [0.2, 0.25) is 0 Å². The molecule has 74 valence electrons. The van der Waals surface area contributed by atoms with Crippen LogP contribution in [0.3, 0.4) is 0 Å². The van der Waals surface area contributed by atoms with Crippen molar-refractivity contribution in [1.29, 1.82) is 0 Å². The molecule has 3 nitrogen and oxygen atoms in total. The molecule has 2 rings (SSSR count). The van der Waals surface area contributed by atoms with Crippen LogP contribution in [0.4, 0.5) is 0 Å². The molecule has 0 atom stereocenters. The lowest BCUT2D eigenvalue weighted by Crippen LogP contribution is -2.21. The van der Waals surface area contributed by atoms with Crippen molar-refractivity contribution in [2.24, 2.45) is 0 Å². The number of hydrogen-bond acceptors (Lipinski definition) is 4. The van der Waals surface area contributed by atoms with E-state index in [1.807, 2.05) is 24.6 Å². The first-order chi connectivity index (χ1) is 6.77. The third-order valence-corrected chi connectivity index (χ3v) is 3.60. The monoisotopic (exact) mass is 226 g/mol. The topological polar surface area (TPSA) is 34.9 Å². The Balaban J connectivity index is 2.86. The second kappa shape index (κ2) is 3.74. The summed E-state index contributed by atoms with van der Waals surface area (Å²) >= 11 is 2.97. The van der Waals surface area contributed by atoms with Gasteiger partial charge in [0.15, 0.2) is 5.16 Å². The second-order valence-electron chi connectivity index (χ2n) is 2.78. The molecule has 0 aliphatic rings. The third kappa shape index (κ3) is 1.36. The molecule has 0 radical (unpaired) electrons. The minimum Gasteiger partial charge on any atom is -0.287 e. The highest BCUT2D eigenvalue weighted by Gasteiger charge is 2.09. The third-order valence-electron chi connectivity index (χ3n) is 2.03. The molecule has 14 heavy (non-hydrogen) atoms. The summed E-state index contributed by atoms with van der Waals surface area (Å²) in [5.74, 6) is 0. The normalized spacial score (nSPS) is 11.0. The van der Waals surface area contributed by atoms with Gasteiger partial charge in [-0.1, -0.05) is 11.8 Å². The molecular weight excluding hydrogens is 216 g/mol.